The number of carbonyl (C=O) groups is 2. The van der Waals surface area contributed by atoms with E-state index in [1.54, 1.807) is 0 Å². The zero-order valence-electron chi connectivity index (χ0n) is 8.36. The van der Waals surface area contributed by atoms with Crippen LogP contribution in [0, 0.1) is 0 Å². The highest BCUT2D eigenvalue weighted by Crippen LogP contribution is 2.29. The van der Waals surface area contributed by atoms with Crippen molar-refractivity contribution in [1.29, 1.82) is 0 Å². The quantitative estimate of drug-likeness (QED) is 0.656. The summed E-state index contributed by atoms with van der Waals surface area (Å²) in [6.45, 7) is 0. The molecule has 0 aliphatic carbocycles. The highest BCUT2D eigenvalue weighted by molar-refractivity contribution is 6.06. The maximum atomic E-state index is 12.3. The smallest absolute Gasteiger partial charge is 0.416 e. The first-order chi connectivity index (χ1) is 7.80. The molecule has 0 unspecified atom stereocenters. The van der Waals surface area contributed by atoms with Gasteiger partial charge in [0, 0.05) is 11.6 Å². The maximum Gasteiger partial charge on any atom is 0.416 e. The van der Waals surface area contributed by atoms with E-state index >= 15 is 0 Å². The molecule has 3 nitrogen and oxygen atoms in total. The van der Waals surface area contributed by atoms with E-state index in [1.165, 1.54) is 6.07 Å². The first-order valence-electron chi connectivity index (χ1n) is 4.43. The molecule has 1 N–H and O–H groups in total. The van der Waals surface area contributed by atoms with Gasteiger partial charge in [0.05, 0.1) is 5.56 Å². The van der Waals surface area contributed by atoms with Crippen LogP contribution in [0.1, 0.15) is 15.9 Å². The summed E-state index contributed by atoms with van der Waals surface area (Å²) in [5, 5.41) is 8.27. The molecule has 0 fully saturated rings. The van der Waals surface area contributed by atoms with Gasteiger partial charge in [-0.2, -0.15) is 13.2 Å². The number of hydrogen-bond donors (Lipinski definition) is 1. The highest BCUT2D eigenvalue weighted by atomic mass is 19.4. The predicted molar refractivity (Wildman–Crippen MR) is 52.6 cm³/mol. The van der Waals surface area contributed by atoms with E-state index in [0.29, 0.717) is 18.2 Å². The predicted octanol–water partition coefficient (Wildman–Crippen LogP) is 2.53. The number of aliphatic carboxylic acids is 1. The lowest BCUT2D eigenvalue weighted by Gasteiger charge is -2.06. The van der Waals surface area contributed by atoms with E-state index in [4.69, 9.17) is 5.11 Å². The van der Waals surface area contributed by atoms with Crippen molar-refractivity contribution in [3.63, 3.8) is 0 Å². The minimum absolute atomic E-state index is 0.211. The Morgan fingerprint density at radius 2 is 1.82 bits per heavy atom. The Hall–Kier alpha value is -2.11. The van der Waals surface area contributed by atoms with Crippen LogP contribution in [-0.2, 0) is 11.0 Å². The number of allylic oxidation sites excluding steroid dienone is 1. The lowest BCUT2D eigenvalue weighted by molar-refractivity contribution is -0.137. The fourth-order valence-corrected chi connectivity index (χ4v) is 1.09. The molecule has 6 heteroatoms. The number of rotatable bonds is 3. The first-order valence-corrected chi connectivity index (χ1v) is 4.43. The molecule has 0 aromatic heterocycles. The molecule has 1 aromatic rings. The van der Waals surface area contributed by atoms with Crippen LogP contribution in [0.2, 0.25) is 0 Å². The number of halogens is 3. The normalized spacial score (nSPS) is 11.7. The number of alkyl halides is 3. The zero-order chi connectivity index (χ0) is 13.1. The molecule has 1 aromatic carbocycles. The molecule has 90 valence electrons. The van der Waals surface area contributed by atoms with Crippen molar-refractivity contribution >= 4 is 11.8 Å². The third-order valence-corrected chi connectivity index (χ3v) is 1.85. The number of carboxylic acids is 1. The van der Waals surface area contributed by atoms with Gasteiger partial charge in [-0.05, 0) is 18.2 Å². The highest BCUT2D eigenvalue weighted by Gasteiger charge is 2.30. The standard InChI is InChI=1S/C11H7F3O3/c12-11(13,14)8-3-1-2-7(6-8)9(15)4-5-10(16)17/h1-6H,(H,16,17)/b5-4+. The molecule has 1 rings (SSSR count). The maximum absolute atomic E-state index is 12.3. The van der Waals surface area contributed by atoms with E-state index in [-0.39, 0.29) is 5.56 Å². The average molecular weight is 244 g/mol. The molecule has 0 aliphatic heterocycles. The summed E-state index contributed by atoms with van der Waals surface area (Å²) in [6.07, 6.45) is -3.26. The number of ketones is 1. The lowest BCUT2D eigenvalue weighted by atomic mass is 10.1. The molecular formula is C11H7F3O3. The molecule has 0 bridgehead atoms. The number of carbonyl (C=O) groups excluding carboxylic acids is 1. The second kappa shape index (κ2) is 4.82. The van der Waals surface area contributed by atoms with Gasteiger partial charge in [0.25, 0.3) is 0 Å². The number of benzene rings is 1. The molecule has 0 heterocycles. The van der Waals surface area contributed by atoms with Crippen LogP contribution in [0.3, 0.4) is 0 Å². The van der Waals surface area contributed by atoms with E-state index in [9.17, 15) is 22.8 Å². The average Bonchev–Trinajstić information content (AvgIpc) is 2.25. The summed E-state index contributed by atoms with van der Waals surface area (Å²) >= 11 is 0. The Labute approximate surface area is 94.2 Å². The Morgan fingerprint density at radius 3 is 2.35 bits per heavy atom. The Morgan fingerprint density at radius 1 is 1.18 bits per heavy atom. The van der Waals surface area contributed by atoms with Gasteiger partial charge in [0.2, 0.25) is 0 Å². The van der Waals surface area contributed by atoms with Crippen LogP contribution < -0.4 is 0 Å². The Balaban J connectivity index is 3.00. The minimum Gasteiger partial charge on any atom is -0.478 e. The molecule has 0 radical (unpaired) electrons. The van der Waals surface area contributed by atoms with Gasteiger partial charge in [0.1, 0.15) is 0 Å². The van der Waals surface area contributed by atoms with Gasteiger partial charge in [-0.15, -0.1) is 0 Å². The monoisotopic (exact) mass is 244 g/mol. The Kier molecular flexibility index (Phi) is 3.67. The minimum atomic E-state index is -4.53. The first kappa shape index (κ1) is 13.0. The van der Waals surface area contributed by atoms with Gasteiger partial charge in [-0.25, -0.2) is 4.79 Å². The molecule has 0 saturated carbocycles. The SMILES string of the molecule is O=C(O)/C=C/C(=O)c1cccc(C(F)(F)F)c1. The molecule has 0 aliphatic rings. The second-order valence-electron chi connectivity index (χ2n) is 3.11. The summed E-state index contributed by atoms with van der Waals surface area (Å²) in [5.74, 6) is -2.14. The van der Waals surface area contributed by atoms with Crippen molar-refractivity contribution in [3.05, 3.63) is 47.5 Å². The van der Waals surface area contributed by atoms with Crippen LogP contribution in [0.25, 0.3) is 0 Å². The van der Waals surface area contributed by atoms with Gasteiger partial charge in [-0.3, -0.25) is 4.79 Å². The van der Waals surface area contributed by atoms with Crippen LogP contribution in [0.15, 0.2) is 36.4 Å². The third kappa shape index (κ3) is 3.75. The van der Waals surface area contributed by atoms with Crippen molar-refractivity contribution in [2.24, 2.45) is 0 Å². The van der Waals surface area contributed by atoms with E-state index in [1.807, 2.05) is 0 Å². The van der Waals surface area contributed by atoms with Crippen molar-refractivity contribution in [3.8, 4) is 0 Å². The summed E-state index contributed by atoms with van der Waals surface area (Å²) in [5.41, 5.74) is -1.16. The van der Waals surface area contributed by atoms with Gasteiger partial charge in [-0.1, -0.05) is 12.1 Å². The van der Waals surface area contributed by atoms with Crippen molar-refractivity contribution in [2.75, 3.05) is 0 Å². The fraction of sp³-hybridized carbons (Fsp3) is 0.0909. The zero-order valence-corrected chi connectivity index (χ0v) is 8.36. The molecule has 0 atom stereocenters. The second-order valence-corrected chi connectivity index (χ2v) is 3.11. The number of hydrogen-bond acceptors (Lipinski definition) is 2. The van der Waals surface area contributed by atoms with Crippen LogP contribution >= 0.6 is 0 Å². The van der Waals surface area contributed by atoms with E-state index < -0.39 is 23.5 Å². The van der Waals surface area contributed by atoms with Crippen LogP contribution in [0.4, 0.5) is 13.2 Å². The fourth-order valence-electron chi connectivity index (χ4n) is 1.09. The van der Waals surface area contributed by atoms with Gasteiger partial charge >= 0.3 is 12.1 Å². The molecule has 0 spiro atoms. The van der Waals surface area contributed by atoms with Crippen molar-refractivity contribution in [1.82, 2.24) is 0 Å². The summed E-state index contributed by atoms with van der Waals surface area (Å²) in [7, 11) is 0. The topological polar surface area (TPSA) is 54.4 Å². The lowest BCUT2D eigenvalue weighted by Crippen LogP contribution is -2.06. The summed E-state index contributed by atoms with van der Waals surface area (Å²) in [4.78, 5) is 21.5. The molecule has 0 amide bonds. The largest absolute Gasteiger partial charge is 0.478 e. The van der Waals surface area contributed by atoms with E-state index in [0.717, 1.165) is 12.1 Å². The van der Waals surface area contributed by atoms with E-state index in [2.05, 4.69) is 0 Å². The van der Waals surface area contributed by atoms with Crippen molar-refractivity contribution in [2.45, 2.75) is 6.18 Å². The molecule has 0 saturated heterocycles. The van der Waals surface area contributed by atoms with Gasteiger partial charge < -0.3 is 5.11 Å². The summed E-state index contributed by atoms with van der Waals surface area (Å²) in [6, 6.07) is 3.78. The number of carboxylic acid groups (broad SMARTS) is 1. The molecule has 17 heavy (non-hydrogen) atoms. The van der Waals surface area contributed by atoms with Crippen LogP contribution in [0.5, 0.6) is 0 Å². The Bertz CT molecular complexity index is 475. The van der Waals surface area contributed by atoms with Crippen LogP contribution in [-0.4, -0.2) is 16.9 Å². The van der Waals surface area contributed by atoms with Crippen molar-refractivity contribution < 1.29 is 27.9 Å². The molecular weight excluding hydrogens is 237 g/mol. The van der Waals surface area contributed by atoms with Gasteiger partial charge in [0.15, 0.2) is 5.78 Å². The third-order valence-electron chi connectivity index (χ3n) is 1.85. The summed E-state index contributed by atoms with van der Waals surface area (Å²) < 4.78 is 37.0.